The Bertz CT molecular complexity index is 624. The van der Waals surface area contributed by atoms with Gasteiger partial charge in [0.1, 0.15) is 11.8 Å². The van der Waals surface area contributed by atoms with Crippen LogP contribution in [-0.4, -0.2) is 53.3 Å². The Morgan fingerprint density at radius 3 is 2.74 bits per heavy atom. The Balaban J connectivity index is 1.88. The molecule has 0 radical (unpaired) electrons. The number of rotatable bonds is 4. The maximum absolute atomic E-state index is 12.1. The predicted octanol–water partition coefficient (Wildman–Crippen LogP) is 0.608. The fraction of sp³-hybridized carbons (Fsp3) is 0.533. The standard InChI is InChI=1S/C15H21N3O4S/c1-15(2)14(21)17-10(8-23-15)12(19)16-7-9-5-6-11(22-9)13(20)18(3)4/h5-6,10H,7-8H2,1-4H3,(H,16,19)(H,17,21). The van der Waals surface area contributed by atoms with Crippen molar-refractivity contribution in [1.82, 2.24) is 15.5 Å². The molecule has 7 nitrogen and oxygen atoms in total. The molecular formula is C15H21N3O4S. The fourth-order valence-corrected chi connectivity index (χ4v) is 2.99. The first kappa shape index (κ1) is 17.4. The third kappa shape index (κ3) is 4.07. The third-order valence-electron chi connectivity index (χ3n) is 3.49. The van der Waals surface area contributed by atoms with E-state index in [-0.39, 0.29) is 30.0 Å². The summed E-state index contributed by atoms with van der Waals surface area (Å²) in [6.07, 6.45) is 0. The van der Waals surface area contributed by atoms with E-state index >= 15 is 0 Å². The van der Waals surface area contributed by atoms with Gasteiger partial charge < -0.3 is 20.0 Å². The van der Waals surface area contributed by atoms with Gasteiger partial charge in [-0.25, -0.2) is 0 Å². The Kier molecular flexibility index (Phi) is 5.03. The molecule has 0 spiro atoms. The summed E-state index contributed by atoms with van der Waals surface area (Å²) in [5.74, 6) is 0.582. The summed E-state index contributed by atoms with van der Waals surface area (Å²) in [7, 11) is 3.27. The van der Waals surface area contributed by atoms with Gasteiger partial charge in [-0.1, -0.05) is 0 Å². The topological polar surface area (TPSA) is 91.7 Å². The van der Waals surface area contributed by atoms with Crippen molar-refractivity contribution in [2.75, 3.05) is 19.8 Å². The molecule has 1 atom stereocenters. The first-order valence-corrected chi connectivity index (χ1v) is 8.22. The molecule has 1 aliphatic rings. The zero-order valence-electron chi connectivity index (χ0n) is 13.6. The van der Waals surface area contributed by atoms with E-state index < -0.39 is 10.8 Å². The molecule has 1 aromatic rings. The number of nitrogens with one attached hydrogen (secondary N) is 2. The minimum Gasteiger partial charge on any atom is -0.454 e. The maximum Gasteiger partial charge on any atom is 0.289 e. The van der Waals surface area contributed by atoms with Crippen LogP contribution in [0, 0.1) is 0 Å². The van der Waals surface area contributed by atoms with Crippen molar-refractivity contribution in [2.45, 2.75) is 31.2 Å². The Labute approximate surface area is 139 Å². The zero-order valence-corrected chi connectivity index (χ0v) is 14.5. The van der Waals surface area contributed by atoms with Crippen LogP contribution in [0.1, 0.15) is 30.2 Å². The van der Waals surface area contributed by atoms with E-state index in [1.807, 2.05) is 13.8 Å². The van der Waals surface area contributed by atoms with Crippen LogP contribution in [0.25, 0.3) is 0 Å². The molecule has 1 aromatic heterocycles. The average Bonchev–Trinajstić information content (AvgIpc) is 2.95. The Hall–Kier alpha value is -1.96. The van der Waals surface area contributed by atoms with Crippen LogP contribution in [-0.2, 0) is 16.1 Å². The van der Waals surface area contributed by atoms with Gasteiger partial charge in [0.05, 0.1) is 11.3 Å². The molecule has 3 amide bonds. The second kappa shape index (κ2) is 6.66. The number of furan rings is 1. The van der Waals surface area contributed by atoms with Gasteiger partial charge in [-0.2, -0.15) is 0 Å². The smallest absolute Gasteiger partial charge is 0.289 e. The van der Waals surface area contributed by atoms with Crippen LogP contribution >= 0.6 is 11.8 Å². The lowest BCUT2D eigenvalue weighted by Gasteiger charge is -2.32. The molecule has 1 unspecified atom stereocenters. The van der Waals surface area contributed by atoms with Gasteiger partial charge in [0.15, 0.2) is 5.76 Å². The van der Waals surface area contributed by atoms with Crippen molar-refractivity contribution < 1.29 is 18.8 Å². The Morgan fingerprint density at radius 1 is 1.43 bits per heavy atom. The number of nitrogens with zero attached hydrogens (tertiary/aromatic N) is 1. The van der Waals surface area contributed by atoms with Crippen molar-refractivity contribution in [3.8, 4) is 0 Å². The van der Waals surface area contributed by atoms with Crippen LogP contribution in [0.3, 0.4) is 0 Å². The largest absolute Gasteiger partial charge is 0.454 e. The van der Waals surface area contributed by atoms with E-state index in [2.05, 4.69) is 10.6 Å². The zero-order chi connectivity index (χ0) is 17.2. The van der Waals surface area contributed by atoms with E-state index in [0.29, 0.717) is 11.5 Å². The molecule has 8 heteroatoms. The van der Waals surface area contributed by atoms with Gasteiger partial charge in [-0.05, 0) is 26.0 Å². The molecule has 2 rings (SSSR count). The molecule has 2 N–H and O–H groups in total. The van der Waals surface area contributed by atoms with E-state index in [0.717, 1.165) is 0 Å². The van der Waals surface area contributed by atoms with Crippen LogP contribution in [0.5, 0.6) is 0 Å². The molecule has 1 saturated heterocycles. The van der Waals surface area contributed by atoms with E-state index in [1.54, 1.807) is 26.2 Å². The average molecular weight is 339 g/mol. The summed E-state index contributed by atoms with van der Waals surface area (Å²) in [5.41, 5.74) is 0. The SMILES string of the molecule is CN(C)C(=O)c1ccc(CNC(=O)C2CSC(C)(C)C(=O)N2)o1. The summed E-state index contributed by atoms with van der Waals surface area (Å²) in [6.45, 7) is 3.82. The fourth-order valence-electron chi connectivity index (χ4n) is 1.98. The minimum atomic E-state index is -0.557. The lowest BCUT2D eigenvalue weighted by molar-refractivity contribution is -0.129. The molecular weight excluding hydrogens is 318 g/mol. The van der Waals surface area contributed by atoms with Gasteiger partial charge in [-0.3, -0.25) is 14.4 Å². The summed E-state index contributed by atoms with van der Waals surface area (Å²) < 4.78 is 4.89. The lowest BCUT2D eigenvalue weighted by atomic mass is 10.1. The normalized spacial score (nSPS) is 19.8. The summed E-state index contributed by atoms with van der Waals surface area (Å²) in [4.78, 5) is 37.1. The summed E-state index contributed by atoms with van der Waals surface area (Å²) >= 11 is 1.45. The van der Waals surface area contributed by atoms with Crippen molar-refractivity contribution in [1.29, 1.82) is 0 Å². The monoisotopic (exact) mass is 339 g/mol. The maximum atomic E-state index is 12.1. The lowest BCUT2D eigenvalue weighted by Crippen LogP contribution is -2.56. The second-order valence-electron chi connectivity index (χ2n) is 6.03. The van der Waals surface area contributed by atoms with Crippen LogP contribution in [0.15, 0.2) is 16.5 Å². The third-order valence-corrected chi connectivity index (χ3v) is 4.90. The van der Waals surface area contributed by atoms with Crippen LogP contribution in [0.4, 0.5) is 0 Å². The van der Waals surface area contributed by atoms with E-state index in [1.165, 1.54) is 16.7 Å². The number of carbonyl (C=O) groups excluding carboxylic acids is 3. The van der Waals surface area contributed by atoms with E-state index in [9.17, 15) is 14.4 Å². The molecule has 126 valence electrons. The number of hydrogen-bond acceptors (Lipinski definition) is 5. The molecule has 23 heavy (non-hydrogen) atoms. The highest BCUT2D eigenvalue weighted by Gasteiger charge is 2.37. The minimum absolute atomic E-state index is 0.147. The van der Waals surface area contributed by atoms with Gasteiger partial charge in [0.25, 0.3) is 5.91 Å². The molecule has 0 aromatic carbocycles. The first-order valence-electron chi connectivity index (χ1n) is 7.23. The van der Waals surface area contributed by atoms with Gasteiger partial charge in [0, 0.05) is 19.8 Å². The first-order chi connectivity index (χ1) is 10.7. The molecule has 0 bridgehead atoms. The van der Waals surface area contributed by atoms with Gasteiger partial charge >= 0.3 is 0 Å². The number of thioether (sulfide) groups is 1. The quantitative estimate of drug-likeness (QED) is 0.838. The van der Waals surface area contributed by atoms with Crippen molar-refractivity contribution >= 4 is 29.5 Å². The van der Waals surface area contributed by atoms with Crippen molar-refractivity contribution in [3.63, 3.8) is 0 Å². The van der Waals surface area contributed by atoms with E-state index in [4.69, 9.17) is 4.42 Å². The van der Waals surface area contributed by atoms with Crippen molar-refractivity contribution in [2.24, 2.45) is 0 Å². The molecule has 0 aliphatic carbocycles. The molecule has 2 heterocycles. The molecule has 0 saturated carbocycles. The molecule has 1 aliphatic heterocycles. The number of hydrogen-bond donors (Lipinski definition) is 2. The number of carbonyl (C=O) groups is 3. The predicted molar refractivity (Wildman–Crippen MR) is 87.0 cm³/mol. The highest BCUT2D eigenvalue weighted by Crippen LogP contribution is 2.28. The summed E-state index contributed by atoms with van der Waals surface area (Å²) in [6, 6.07) is 2.66. The summed E-state index contributed by atoms with van der Waals surface area (Å²) in [5, 5.41) is 5.43. The highest BCUT2D eigenvalue weighted by atomic mass is 32.2. The van der Waals surface area contributed by atoms with Gasteiger partial charge in [0.2, 0.25) is 11.8 Å². The van der Waals surface area contributed by atoms with Gasteiger partial charge in [-0.15, -0.1) is 11.8 Å². The Morgan fingerprint density at radius 2 is 2.13 bits per heavy atom. The highest BCUT2D eigenvalue weighted by molar-refractivity contribution is 8.01. The number of amides is 3. The van der Waals surface area contributed by atoms with Crippen LogP contribution < -0.4 is 10.6 Å². The van der Waals surface area contributed by atoms with Crippen LogP contribution in [0.2, 0.25) is 0 Å². The molecule has 1 fully saturated rings. The second-order valence-corrected chi connectivity index (χ2v) is 7.67. The van der Waals surface area contributed by atoms with Crippen molar-refractivity contribution in [3.05, 3.63) is 23.7 Å².